The standard InChI is InChI=1S/C15H12Cl2N2O3S/c1-9-8-23-15(18-9)19-13(20)7-22-14(21)5-3-10-2-4-11(16)12(17)6-10/h2-6,8H,7H2,1H3,(H,18,19,20)/b5-3+. The molecule has 0 fully saturated rings. The zero-order valence-corrected chi connectivity index (χ0v) is 14.3. The molecular formula is C15H12Cl2N2O3S. The minimum atomic E-state index is -0.637. The van der Waals surface area contributed by atoms with Crippen LogP contribution in [0.2, 0.25) is 10.0 Å². The topological polar surface area (TPSA) is 68.3 Å². The van der Waals surface area contributed by atoms with Gasteiger partial charge in [0.05, 0.1) is 15.7 Å². The van der Waals surface area contributed by atoms with Crippen LogP contribution >= 0.6 is 34.5 Å². The normalized spacial score (nSPS) is 10.7. The van der Waals surface area contributed by atoms with Gasteiger partial charge >= 0.3 is 5.97 Å². The molecule has 0 aliphatic carbocycles. The first kappa shape index (κ1) is 17.5. The van der Waals surface area contributed by atoms with Crippen LogP contribution in [0.15, 0.2) is 29.7 Å². The average Bonchev–Trinajstić information content (AvgIpc) is 2.91. The van der Waals surface area contributed by atoms with E-state index in [4.69, 9.17) is 27.9 Å². The number of carbonyl (C=O) groups is 2. The summed E-state index contributed by atoms with van der Waals surface area (Å²) in [6, 6.07) is 4.94. The summed E-state index contributed by atoms with van der Waals surface area (Å²) in [6.45, 7) is 1.43. The van der Waals surface area contributed by atoms with Crippen LogP contribution in [0.5, 0.6) is 0 Å². The molecule has 0 saturated heterocycles. The fourth-order valence-electron chi connectivity index (χ4n) is 1.53. The SMILES string of the molecule is Cc1csc(NC(=O)COC(=O)/C=C/c2ccc(Cl)c(Cl)c2)n1. The lowest BCUT2D eigenvalue weighted by Crippen LogP contribution is -2.20. The van der Waals surface area contributed by atoms with E-state index in [1.807, 2.05) is 12.3 Å². The maximum Gasteiger partial charge on any atom is 0.331 e. The Balaban J connectivity index is 1.81. The van der Waals surface area contributed by atoms with Crippen LogP contribution in [0.4, 0.5) is 5.13 Å². The predicted molar refractivity (Wildman–Crippen MR) is 91.9 cm³/mol. The molecule has 23 heavy (non-hydrogen) atoms. The number of aryl methyl sites for hydroxylation is 1. The zero-order chi connectivity index (χ0) is 16.8. The average molecular weight is 371 g/mol. The molecule has 0 aliphatic rings. The molecule has 1 N–H and O–H groups in total. The summed E-state index contributed by atoms with van der Waals surface area (Å²) in [6.07, 6.45) is 2.73. The van der Waals surface area contributed by atoms with Crippen molar-refractivity contribution in [3.63, 3.8) is 0 Å². The van der Waals surface area contributed by atoms with Crippen LogP contribution in [0.25, 0.3) is 6.08 Å². The second-order valence-corrected chi connectivity index (χ2v) is 6.13. The fraction of sp³-hybridized carbons (Fsp3) is 0.133. The quantitative estimate of drug-likeness (QED) is 0.638. The number of nitrogens with zero attached hydrogens (tertiary/aromatic N) is 1. The number of esters is 1. The van der Waals surface area contributed by atoms with Crippen LogP contribution in [0.3, 0.4) is 0 Å². The van der Waals surface area contributed by atoms with E-state index in [2.05, 4.69) is 10.3 Å². The van der Waals surface area contributed by atoms with E-state index in [1.165, 1.54) is 23.5 Å². The Morgan fingerprint density at radius 1 is 1.35 bits per heavy atom. The summed E-state index contributed by atoms with van der Waals surface area (Å²) < 4.78 is 4.84. The number of benzene rings is 1. The smallest absolute Gasteiger partial charge is 0.331 e. The van der Waals surface area contributed by atoms with Crippen LogP contribution in [0, 0.1) is 6.92 Å². The summed E-state index contributed by atoms with van der Waals surface area (Å²) in [5.74, 6) is -1.09. The summed E-state index contributed by atoms with van der Waals surface area (Å²) in [4.78, 5) is 27.3. The number of nitrogens with one attached hydrogen (secondary N) is 1. The Labute approximate surface area is 146 Å². The fourth-order valence-corrected chi connectivity index (χ4v) is 2.54. The molecule has 0 saturated carbocycles. The summed E-state index contributed by atoms with van der Waals surface area (Å²) in [5.41, 5.74) is 1.51. The molecule has 0 aliphatic heterocycles. The molecule has 0 unspecified atom stereocenters. The molecule has 0 spiro atoms. The Morgan fingerprint density at radius 3 is 2.78 bits per heavy atom. The molecule has 1 heterocycles. The number of carbonyl (C=O) groups excluding carboxylic acids is 2. The van der Waals surface area contributed by atoms with E-state index in [0.717, 1.165) is 5.69 Å². The lowest BCUT2D eigenvalue weighted by Gasteiger charge is -2.02. The van der Waals surface area contributed by atoms with Gasteiger partial charge in [-0.1, -0.05) is 29.3 Å². The van der Waals surface area contributed by atoms with Crippen molar-refractivity contribution in [1.29, 1.82) is 0 Å². The highest BCUT2D eigenvalue weighted by atomic mass is 35.5. The van der Waals surface area contributed by atoms with Crippen molar-refractivity contribution >= 4 is 57.6 Å². The zero-order valence-electron chi connectivity index (χ0n) is 12.0. The van der Waals surface area contributed by atoms with Crippen molar-refractivity contribution in [1.82, 2.24) is 4.98 Å². The maximum absolute atomic E-state index is 11.6. The Hall–Kier alpha value is -1.89. The third kappa shape index (κ3) is 5.67. The molecule has 5 nitrogen and oxygen atoms in total. The first-order valence-electron chi connectivity index (χ1n) is 6.46. The predicted octanol–water partition coefficient (Wildman–Crippen LogP) is 3.95. The number of ether oxygens (including phenoxy) is 1. The highest BCUT2D eigenvalue weighted by Gasteiger charge is 2.07. The molecule has 1 amide bonds. The number of aromatic nitrogens is 1. The molecule has 2 aromatic rings. The van der Waals surface area contributed by atoms with E-state index in [9.17, 15) is 9.59 Å². The molecule has 0 bridgehead atoms. The Kier molecular flexibility index (Phi) is 6.15. The molecule has 1 aromatic heterocycles. The number of hydrogen-bond donors (Lipinski definition) is 1. The van der Waals surface area contributed by atoms with Crippen molar-refractivity contribution < 1.29 is 14.3 Å². The van der Waals surface area contributed by atoms with Crippen molar-refractivity contribution in [3.05, 3.63) is 51.0 Å². The summed E-state index contributed by atoms with van der Waals surface area (Å²) >= 11 is 13.0. The van der Waals surface area contributed by atoms with Gasteiger partial charge < -0.3 is 4.74 Å². The van der Waals surface area contributed by atoms with Gasteiger partial charge in [0.25, 0.3) is 5.91 Å². The van der Waals surface area contributed by atoms with E-state index in [1.54, 1.807) is 18.2 Å². The Bertz CT molecular complexity index is 759. The molecule has 120 valence electrons. The van der Waals surface area contributed by atoms with Crippen molar-refractivity contribution in [2.24, 2.45) is 0 Å². The number of amides is 1. The van der Waals surface area contributed by atoms with Crippen LogP contribution in [-0.4, -0.2) is 23.5 Å². The summed E-state index contributed by atoms with van der Waals surface area (Å²) in [5, 5.41) is 5.64. The molecule has 1 aromatic carbocycles. The van der Waals surface area contributed by atoms with E-state index >= 15 is 0 Å². The first-order valence-corrected chi connectivity index (χ1v) is 8.09. The second kappa shape index (κ2) is 8.10. The van der Waals surface area contributed by atoms with Gasteiger partial charge in [0, 0.05) is 11.5 Å². The molecule has 0 atom stereocenters. The third-order valence-corrected chi connectivity index (χ3v) is 4.18. The maximum atomic E-state index is 11.6. The van der Waals surface area contributed by atoms with Gasteiger partial charge in [-0.25, -0.2) is 9.78 Å². The molecule has 8 heteroatoms. The number of hydrogen-bond acceptors (Lipinski definition) is 5. The van der Waals surface area contributed by atoms with Gasteiger partial charge in [-0.05, 0) is 30.7 Å². The second-order valence-electron chi connectivity index (χ2n) is 4.46. The molecular weight excluding hydrogens is 359 g/mol. The number of anilines is 1. The number of thiazole rings is 1. The Morgan fingerprint density at radius 2 is 2.13 bits per heavy atom. The minimum absolute atomic E-state index is 0.386. The van der Waals surface area contributed by atoms with Crippen molar-refractivity contribution in [2.75, 3.05) is 11.9 Å². The first-order chi connectivity index (χ1) is 10.9. The van der Waals surface area contributed by atoms with Gasteiger partial charge in [0.2, 0.25) is 0 Å². The van der Waals surface area contributed by atoms with Crippen LogP contribution in [0.1, 0.15) is 11.3 Å². The van der Waals surface area contributed by atoms with Gasteiger partial charge in [-0.2, -0.15) is 0 Å². The van der Waals surface area contributed by atoms with E-state index in [0.29, 0.717) is 20.7 Å². The van der Waals surface area contributed by atoms with Crippen LogP contribution in [-0.2, 0) is 14.3 Å². The molecule has 0 radical (unpaired) electrons. The monoisotopic (exact) mass is 370 g/mol. The van der Waals surface area contributed by atoms with Gasteiger partial charge in [0.1, 0.15) is 0 Å². The minimum Gasteiger partial charge on any atom is -0.452 e. The number of rotatable bonds is 5. The van der Waals surface area contributed by atoms with Crippen LogP contribution < -0.4 is 5.32 Å². The summed E-state index contributed by atoms with van der Waals surface area (Å²) in [7, 11) is 0. The van der Waals surface area contributed by atoms with Crippen molar-refractivity contribution in [2.45, 2.75) is 6.92 Å². The highest BCUT2D eigenvalue weighted by Crippen LogP contribution is 2.23. The largest absolute Gasteiger partial charge is 0.452 e. The van der Waals surface area contributed by atoms with Crippen molar-refractivity contribution in [3.8, 4) is 0 Å². The highest BCUT2D eigenvalue weighted by molar-refractivity contribution is 7.13. The lowest BCUT2D eigenvalue weighted by atomic mass is 10.2. The van der Waals surface area contributed by atoms with Gasteiger partial charge in [0.15, 0.2) is 11.7 Å². The molecule has 2 rings (SSSR count). The van der Waals surface area contributed by atoms with Gasteiger partial charge in [-0.3, -0.25) is 10.1 Å². The third-order valence-electron chi connectivity index (χ3n) is 2.57. The lowest BCUT2D eigenvalue weighted by molar-refractivity contribution is -0.142. The van der Waals surface area contributed by atoms with Gasteiger partial charge in [-0.15, -0.1) is 11.3 Å². The van der Waals surface area contributed by atoms with E-state index in [-0.39, 0.29) is 6.61 Å². The van der Waals surface area contributed by atoms with E-state index < -0.39 is 11.9 Å². The number of halogens is 2.